The fraction of sp³-hybridized carbons (Fsp3) is 0.933. The van der Waals surface area contributed by atoms with Gasteiger partial charge in [0, 0.05) is 32.2 Å². The Hall–Kier alpha value is -0.770. The Bertz CT molecular complexity index is 281. The minimum atomic E-state index is 0.256. The van der Waals surface area contributed by atoms with Gasteiger partial charge in [-0.1, -0.05) is 6.92 Å². The molecule has 2 amide bonds. The van der Waals surface area contributed by atoms with Crippen molar-refractivity contribution in [2.75, 3.05) is 26.7 Å². The molecule has 19 heavy (non-hydrogen) atoms. The molecule has 0 bridgehead atoms. The second-order valence-electron chi connectivity index (χ2n) is 6.00. The van der Waals surface area contributed by atoms with Crippen molar-refractivity contribution in [3.8, 4) is 0 Å². The molecule has 4 heteroatoms. The number of carbonyl (C=O) groups excluding carboxylic acids is 1. The zero-order valence-corrected chi connectivity index (χ0v) is 12.5. The largest absolute Gasteiger partial charge is 0.325 e. The third-order valence-corrected chi connectivity index (χ3v) is 4.67. The normalized spacial score (nSPS) is 28.2. The number of nitrogens with zero attached hydrogens (tertiary/aromatic N) is 2. The maximum Gasteiger partial charge on any atom is 0.319 e. The molecule has 1 saturated carbocycles. The smallest absolute Gasteiger partial charge is 0.319 e. The Morgan fingerprint density at radius 1 is 1.16 bits per heavy atom. The zero-order chi connectivity index (χ0) is 13.7. The fourth-order valence-corrected chi connectivity index (χ4v) is 3.42. The molecule has 1 saturated heterocycles. The van der Waals surface area contributed by atoms with Crippen LogP contribution in [0.3, 0.4) is 0 Å². The summed E-state index contributed by atoms with van der Waals surface area (Å²) in [7, 11) is 2.00. The predicted octanol–water partition coefficient (Wildman–Crippen LogP) is 2.44. The van der Waals surface area contributed by atoms with Crippen molar-refractivity contribution in [3.63, 3.8) is 0 Å². The molecule has 1 aliphatic heterocycles. The van der Waals surface area contributed by atoms with Gasteiger partial charge in [-0.3, -0.25) is 0 Å². The Labute approximate surface area is 117 Å². The molecule has 0 atom stereocenters. The number of urea groups is 1. The molecule has 0 aromatic heterocycles. The Morgan fingerprint density at radius 2 is 1.79 bits per heavy atom. The van der Waals surface area contributed by atoms with E-state index in [4.69, 9.17) is 0 Å². The summed E-state index contributed by atoms with van der Waals surface area (Å²) < 4.78 is 0. The highest BCUT2D eigenvalue weighted by atomic mass is 16.2. The van der Waals surface area contributed by atoms with E-state index in [1.165, 1.54) is 32.1 Å². The molecule has 0 aromatic rings. The van der Waals surface area contributed by atoms with Gasteiger partial charge in [0.2, 0.25) is 0 Å². The van der Waals surface area contributed by atoms with Crippen LogP contribution in [0.1, 0.15) is 51.9 Å². The summed E-state index contributed by atoms with van der Waals surface area (Å²) in [4.78, 5) is 16.5. The van der Waals surface area contributed by atoms with Gasteiger partial charge in [-0.05, 0) is 51.5 Å². The third-order valence-electron chi connectivity index (χ3n) is 4.67. The average Bonchev–Trinajstić information content (AvgIpc) is 2.48. The molecule has 2 rings (SSSR count). The maximum absolute atomic E-state index is 12.4. The van der Waals surface area contributed by atoms with Crippen LogP contribution in [0.5, 0.6) is 0 Å². The van der Waals surface area contributed by atoms with Crippen molar-refractivity contribution < 1.29 is 4.79 Å². The lowest BCUT2D eigenvalue weighted by atomic mass is 9.90. The fourth-order valence-electron chi connectivity index (χ4n) is 3.42. The van der Waals surface area contributed by atoms with Gasteiger partial charge in [-0.2, -0.15) is 0 Å². The van der Waals surface area contributed by atoms with Gasteiger partial charge in [0.25, 0.3) is 0 Å². The highest BCUT2D eigenvalue weighted by molar-refractivity contribution is 5.74. The monoisotopic (exact) mass is 267 g/mol. The number of rotatable bonds is 3. The minimum absolute atomic E-state index is 0.256. The molecular formula is C15H29N3O. The van der Waals surface area contributed by atoms with E-state index in [0.29, 0.717) is 12.1 Å². The average molecular weight is 267 g/mol. The van der Waals surface area contributed by atoms with E-state index in [1.54, 1.807) is 0 Å². The van der Waals surface area contributed by atoms with Crippen molar-refractivity contribution in [2.24, 2.45) is 0 Å². The molecule has 2 fully saturated rings. The topological polar surface area (TPSA) is 35.6 Å². The number of hydrogen-bond donors (Lipinski definition) is 1. The van der Waals surface area contributed by atoms with E-state index in [-0.39, 0.29) is 6.03 Å². The lowest BCUT2D eigenvalue weighted by Crippen LogP contribution is -2.49. The molecule has 0 aromatic carbocycles. The van der Waals surface area contributed by atoms with Crippen molar-refractivity contribution in [3.05, 3.63) is 0 Å². The lowest BCUT2D eigenvalue weighted by Gasteiger charge is -2.38. The van der Waals surface area contributed by atoms with Gasteiger partial charge >= 0.3 is 6.03 Å². The van der Waals surface area contributed by atoms with Gasteiger partial charge in [0.1, 0.15) is 0 Å². The van der Waals surface area contributed by atoms with Crippen molar-refractivity contribution in [2.45, 2.75) is 64.0 Å². The summed E-state index contributed by atoms with van der Waals surface area (Å²) in [6.45, 7) is 5.13. The first-order valence-electron chi connectivity index (χ1n) is 7.97. The van der Waals surface area contributed by atoms with Crippen LogP contribution in [0.4, 0.5) is 4.79 Å². The van der Waals surface area contributed by atoms with Gasteiger partial charge in [-0.15, -0.1) is 0 Å². The zero-order valence-electron chi connectivity index (χ0n) is 12.5. The molecule has 0 radical (unpaired) electrons. The van der Waals surface area contributed by atoms with Crippen molar-refractivity contribution in [1.82, 2.24) is 15.1 Å². The van der Waals surface area contributed by atoms with Crippen LogP contribution in [0.25, 0.3) is 0 Å². The number of nitrogens with one attached hydrogen (secondary N) is 1. The SMILES string of the molecule is CCNC1CCC(N(C)C(=O)N2CCCCC2)CC1. The van der Waals surface area contributed by atoms with E-state index in [2.05, 4.69) is 12.2 Å². The molecule has 110 valence electrons. The molecular weight excluding hydrogens is 238 g/mol. The Balaban J connectivity index is 1.79. The van der Waals surface area contributed by atoms with Crippen LogP contribution in [0, 0.1) is 0 Å². The number of carbonyl (C=O) groups is 1. The van der Waals surface area contributed by atoms with E-state index >= 15 is 0 Å². The lowest BCUT2D eigenvalue weighted by molar-refractivity contribution is 0.123. The number of hydrogen-bond acceptors (Lipinski definition) is 2. The molecule has 0 spiro atoms. The summed E-state index contributed by atoms with van der Waals surface area (Å²) in [5.74, 6) is 0. The molecule has 0 unspecified atom stereocenters. The predicted molar refractivity (Wildman–Crippen MR) is 78.3 cm³/mol. The van der Waals surface area contributed by atoms with Crippen molar-refractivity contribution in [1.29, 1.82) is 0 Å². The van der Waals surface area contributed by atoms with Crippen LogP contribution in [-0.4, -0.2) is 54.6 Å². The Morgan fingerprint density at radius 3 is 2.37 bits per heavy atom. The second-order valence-corrected chi connectivity index (χ2v) is 6.00. The van der Waals surface area contributed by atoms with Crippen LogP contribution in [0.2, 0.25) is 0 Å². The van der Waals surface area contributed by atoms with Crippen LogP contribution >= 0.6 is 0 Å². The van der Waals surface area contributed by atoms with Gasteiger partial charge in [0.15, 0.2) is 0 Å². The standard InChI is InChI=1S/C15H29N3O/c1-3-16-13-7-9-14(10-8-13)17(2)15(19)18-11-5-4-6-12-18/h13-14,16H,3-12H2,1-2H3. The van der Waals surface area contributed by atoms with E-state index in [9.17, 15) is 4.79 Å². The number of amides is 2. The first-order valence-corrected chi connectivity index (χ1v) is 7.97. The molecule has 2 aliphatic rings. The molecule has 1 heterocycles. The number of likely N-dealkylation sites (tertiary alicyclic amines) is 1. The van der Waals surface area contributed by atoms with E-state index in [0.717, 1.165) is 32.5 Å². The molecule has 1 N–H and O–H groups in total. The van der Waals surface area contributed by atoms with Crippen LogP contribution < -0.4 is 5.32 Å². The van der Waals surface area contributed by atoms with Gasteiger partial charge in [0.05, 0.1) is 0 Å². The van der Waals surface area contributed by atoms with Gasteiger partial charge in [-0.25, -0.2) is 4.79 Å². The third kappa shape index (κ3) is 3.85. The second kappa shape index (κ2) is 7.13. The summed E-state index contributed by atoms with van der Waals surface area (Å²) in [5.41, 5.74) is 0. The quantitative estimate of drug-likeness (QED) is 0.852. The van der Waals surface area contributed by atoms with Crippen LogP contribution in [0.15, 0.2) is 0 Å². The minimum Gasteiger partial charge on any atom is -0.325 e. The van der Waals surface area contributed by atoms with Crippen LogP contribution in [-0.2, 0) is 0 Å². The number of piperidine rings is 1. The summed E-state index contributed by atoms with van der Waals surface area (Å²) in [6.07, 6.45) is 8.33. The van der Waals surface area contributed by atoms with Crippen molar-refractivity contribution >= 4 is 6.03 Å². The highest BCUT2D eigenvalue weighted by Crippen LogP contribution is 2.23. The molecule has 4 nitrogen and oxygen atoms in total. The first-order chi connectivity index (χ1) is 9.22. The molecule has 1 aliphatic carbocycles. The maximum atomic E-state index is 12.4. The van der Waals surface area contributed by atoms with Gasteiger partial charge < -0.3 is 15.1 Å². The first kappa shape index (κ1) is 14.6. The highest BCUT2D eigenvalue weighted by Gasteiger charge is 2.28. The van der Waals surface area contributed by atoms with E-state index in [1.807, 2.05) is 16.8 Å². The summed E-state index contributed by atoms with van der Waals surface area (Å²) in [6, 6.07) is 1.37. The summed E-state index contributed by atoms with van der Waals surface area (Å²) in [5, 5.41) is 3.52. The summed E-state index contributed by atoms with van der Waals surface area (Å²) >= 11 is 0. The Kier molecular flexibility index (Phi) is 5.49. The van der Waals surface area contributed by atoms with E-state index < -0.39 is 0 Å².